The van der Waals surface area contributed by atoms with Crippen molar-refractivity contribution in [2.45, 2.75) is 0 Å². The van der Waals surface area contributed by atoms with E-state index in [4.69, 9.17) is 29.9 Å². The number of imidazole rings is 2. The second-order valence-electron chi connectivity index (χ2n) is 15.6. The molecule has 5 aromatic heterocycles. The molecule has 0 aliphatic heterocycles. The molecule has 0 bridgehead atoms. The number of nitrogens with zero attached hydrogens (tertiary/aromatic N) is 8. The Hall–Kier alpha value is -8.88. The molecule has 0 saturated heterocycles. The smallest absolute Gasteiger partial charge is 0.145 e. The topological polar surface area (TPSA) is 87.2 Å². The predicted molar refractivity (Wildman–Crippen MR) is 257 cm³/mol. The molecule has 0 spiro atoms. The second kappa shape index (κ2) is 15.5. The van der Waals surface area contributed by atoms with Crippen LogP contribution in [0.4, 0.5) is 0 Å². The van der Waals surface area contributed by atoms with Crippen molar-refractivity contribution in [1.82, 2.24) is 39.0 Å². The molecule has 8 nitrogen and oxygen atoms in total. The van der Waals surface area contributed by atoms with Gasteiger partial charge < -0.3 is 0 Å². The average molecular weight is 821 g/mol. The first-order chi connectivity index (χ1) is 31.7. The molecule has 0 saturated carbocycles. The fourth-order valence-electron chi connectivity index (χ4n) is 8.68. The molecule has 0 unspecified atom stereocenters. The Balaban J connectivity index is 1.02. The SMILES string of the molecule is c1ccc(-n2c(-c3ccc(-c4ccc(-c5ccc(-c6nc7ccccc7n6-c6ccccc6)cc5)c5nc(-c6ccccn6)c(-c6ccccn6)nc45)cc3)nc3ccccc32)cc1. The maximum absolute atomic E-state index is 5.49. The van der Waals surface area contributed by atoms with Gasteiger partial charge in [0, 0.05) is 46.0 Å². The van der Waals surface area contributed by atoms with Crippen LogP contribution in [0.15, 0.2) is 219 Å². The van der Waals surface area contributed by atoms with Crippen molar-refractivity contribution in [1.29, 1.82) is 0 Å². The van der Waals surface area contributed by atoms with E-state index in [1.165, 1.54) is 0 Å². The molecule has 0 aliphatic rings. The maximum Gasteiger partial charge on any atom is 0.145 e. The Bertz CT molecular complexity index is 3380. The summed E-state index contributed by atoms with van der Waals surface area (Å²) in [4.78, 5) is 30.7. The highest BCUT2D eigenvalue weighted by Crippen LogP contribution is 2.40. The number of hydrogen-bond acceptors (Lipinski definition) is 6. The third kappa shape index (κ3) is 6.40. The summed E-state index contributed by atoms with van der Waals surface area (Å²) in [5.74, 6) is 1.75. The van der Waals surface area contributed by atoms with Crippen molar-refractivity contribution in [3.63, 3.8) is 0 Å². The normalized spacial score (nSPS) is 11.4. The van der Waals surface area contributed by atoms with E-state index in [9.17, 15) is 0 Å². The van der Waals surface area contributed by atoms with Crippen LogP contribution in [0.3, 0.4) is 0 Å². The first-order valence-electron chi connectivity index (χ1n) is 21.2. The molecular weight excluding hydrogens is 785 g/mol. The lowest BCUT2D eigenvalue weighted by atomic mass is 9.95. The van der Waals surface area contributed by atoms with Crippen LogP contribution in [0.5, 0.6) is 0 Å². The minimum Gasteiger partial charge on any atom is -0.292 e. The van der Waals surface area contributed by atoms with Crippen LogP contribution in [-0.4, -0.2) is 39.0 Å². The molecule has 12 aromatic rings. The van der Waals surface area contributed by atoms with Gasteiger partial charge in [-0.1, -0.05) is 133 Å². The predicted octanol–water partition coefficient (Wildman–Crippen LogP) is 13.1. The second-order valence-corrected chi connectivity index (χ2v) is 15.6. The molecule has 8 heteroatoms. The fourth-order valence-corrected chi connectivity index (χ4v) is 8.68. The molecular formula is C56H36N8. The van der Waals surface area contributed by atoms with Gasteiger partial charge in [-0.05, 0) is 83.9 Å². The third-order valence-corrected chi connectivity index (χ3v) is 11.7. The van der Waals surface area contributed by atoms with Gasteiger partial charge in [0.1, 0.15) is 23.0 Å². The largest absolute Gasteiger partial charge is 0.292 e. The summed E-state index contributed by atoms with van der Waals surface area (Å²) in [6, 6.07) is 70.5. The van der Waals surface area contributed by atoms with E-state index in [1.807, 2.05) is 60.7 Å². The lowest BCUT2D eigenvalue weighted by Crippen LogP contribution is -2.01. The van der Waals surface area contributed by atoms with Crippen LogP contribution in [0.2, 0.25) is 0 Å². The van der Waals surface area contributed by atoms with E-state index in [2.05, 4.69) is 155 Å². The highest BCUT2D eigenvalue weighted by Gasteiger charge is 2.22. The van der Waals surface area contributed by atoms with Crippen LogP contribution in [0.25, 0.3) is 112 Å². The van der Waals surface area contributed by atoms with Gasteiger partial charge in [0.2, 0.25) is 0 Å². The zero-order chi connectivity index (χ0) is 42.4. The summed E-state index contributed by atoms with van der Waals surface area (Å²) < 4.78 is 4.45. The highest BCUT2D eigenvalue weighted by atomic mass is 15.1. The number of pyridine rings is 2. The van der Waals surface area contributed by atoms with Crippen molar-refractivity contribution in [3.8, 4) is 79.2 Å². The van der Waals surface area contributed by atoms with E-state index in [0.717, 1.165) is 101 Å². The summed E-state index contributed by atoms with van der Waals surface area (Å²) in [6.07, 6.45) is 3.58. The Morgan fingerprint density at radius 2 is 0.672 bits per heavy atom. The number of para-hydroxylation sites is 6. The number of hydrogen-bond donors (Lipinski definition) is 0. The molecule has 0 atom stereocenters. The van der Waals surface area contributed by atoms with Crippen molar-refractivity contribution in [2.24, 2.45) is 0 Å². The first-order valence-corrected chi connectivity index (χ1v) is 21.2. The van der Waals surface area contributed by atoms with Crippen molar-refractivity contribution in [3.05, 3.63) is 219 Å². The van der Waals surface area contributed by atoms with E-state index in [-0.39, 0.29) is 0 Å². The minimum atomic E-state index is 0.661. The number of aromatic nitrogens is 8. The summed E-state index contributed by atoms with van der Waals surface area (Å²) in [7, 11) is 0. The van der Waals surface area contributed by atoms with E-state index in [1.54, 1.807) is 12.4 Å². The van der Waals surface area contributed by atoms with Gasteiger partial charge >= 0.3 is 0 Å². The van der Waals surface area contributed by atoms with Crippen molar-refractivity contribution < 1.29 is 0 Å². The molecule has 0 fully saturated rings. The Labute approximate surface area is 368 Å². The number of rotatable bonds is 8. The molecule has 7 aromatic carbocycles. The van der Waals surface area contributed by atoms with Gasteiger partial charge in [-0.25, -0.2) is 19.9 Å². The van der Waals surface area contributed by atoms with Crippen LogP contribution >= 0.6 is 0 Å². The molecule has 5 heterocycles. The monoisotopic (exact) mass is 820 g/mol. The maximum atomic E-state index is 5.49. The zero-order valence-electron chi connectivity index (χ0n) is 34.4. The molecule has 0 aliphatic carbocycles. The van der Waals surface area contributed by atoms with Gasteiger partial charge in [0.25, 0.3) is 0 Å². The molecule has 12 rings (SSSR count). The fraction of sp³-hybridized carbons (Fsp3) is 0. The Kier molecular flexibility index (Phi) is 8.97. The summed E-state index contributed by atoms with van der Waals surface area (Å²) >= 11 is 0. The first kappa shape index (κ1) is 36.9. The Morgan fingerprint density at radius 3 is 1.08 bits per heavy atom. The van der Waals surface area contributed by atoms with Crippen LogP contribution < -0.4 is 0 Å². The standard InChI is InChI=1S/C56H36N8/c1-3-15-41(16-4-1)63-49-23-9-7-19-45(49)59-55(63)39-29-25-37(26-30-39)43-33-34-44(52-51(43)61-53(47-21-11-13-35-57-47)54(62-52)48-22-12-14-36-58-48)38-27-31-40(32-28-38)56-60-46-20-8-10-24-50(46)64(56)42-17-5-2-6-18-42/h1-36H. The number of fused-ring (bicyclic) bond motifs is 3. The average Bonchev–Trinajstić information content (AvgIpc) is 3.97. The van der Waals surface area contributed by atoms with Gasteiger partial charge in [0.05, 0.1) is 44.5 Å². The zero-order valence-corrected chi connectivity index (χ0v) is 34.4. The van der Waals surface area contributed by atoms with Gasteiger partial charge in [-0.3, -0.25) is 19.1 Å². The highest BCUT2D eigenvalue weighted by molar-refractivity contribution is 6.03. The summed E-state index contributed by atoms with van der Waals surface area (Å²) in [5.41, 5.74) is 16.3. The quantitative estimate of drug-likeness (QED) is 0.152. The van der Waals surface area contributed by atoms with Gasteiger partial charge in [0.15, 0.2) is 0 Å². The lowest BCUT2D eigenvalue weighted by molar-refractivity contribution is 1.10. The van der Waals surface area contributed by atoms with E-state index < -0.39 is 0 Å². The van der Waals surface area contributed by atoms with Crippen LogP contribution in [-0.2, 0) is 0 Å². The van der Waals surface area contributed by atoms with E-state index >= 15 is 0 Å². The van der Waals surface area contributed by atoms with Gasteiger partial charge in [-0.15, -0.1) is 0 Å². The van der Waals surface area contributed by atoms with Crippen LogP contribution in [0, 0.1) is 0 Å². The van der Waals surface area contributed by atoms with Crippen molar-refractivity contribution in [2.75, 3.05) is 0 Å². The molecule has 0 N–H and O–H groups in total. The summed E-state index contributed by atoms with van der Waals surface area (Å²) in [6.45, 7) is 0. The Morgan fingerprint density at radius 1 is 0.297 bits per heavy atom. The number of benzene rings is 7. The molecule has 0 amide bonds. The van der Waals surface area contributed by atoms with Crippen molar-refractivity contribution >= 4 is 33.1 Å². The van der Waals surface area contributed by atoms with Gasteiger partial charge in [-0.2, -0.15) is 0 Å². The summed E-state index contributed by atoms with van der Waals surface area (Å²) in [5, 5.41) is 0. The molecule has 300 valence electrons. The van der Waals surface area contributed by atoms with Crippen LogP contribution in [0.1, 0.15) is 0 Å². The molecule has 64 heavy (non-hydrogen) atoms. The minimum absolute atomic E-state index is 0.661. The lowest BCUT2D eigenvalue weighted by Gasteiger charge is -2.16. The molecule has 0 radical (unpaired) electrons. The van der Waals surface area contributed by atoms with E-state index in [0.29, 0.717) is 11.4 Å². The third-order valence-electron chi connectivity index (χ3n) is 11.7.